The molecule has 0 radical (unpaired) electrons. The topological polar surface area (TPSA) is 48.0 Å². The van der Waals surface area contributed by atoms with Gasteiger partial charge in [0.1, 0.15) is 0 Å². The van der Waals surface area contributed by atoms with Gasteiger partial charge in [0.05, 0.1) is 27.4 Å². The van der Waals surface area contributed by atoms with Crippen LogP contribution in [-0.4, -0.2) is 38.7 Å². The number of benzene rings is 3. The molecule has 6 heteroatoms. The molecule has 1 amide bonds. The molecule has 1 aliphatic heterocycles. The second-order valence-electron chi connectivity index (χ2n) is 7.32. The first-order chi connectivity index (χ1) is 15.1. The van der Waals surface area contributed by atoms with Crippen LogP contribution in [0.3, 0.4) is 0 Å². The summed E-state index contributed by atoms with van der Waals surface area (Å²) >= 11 is 6.12. The highest BCUT2D eigenvalue weighted by molar-refractivity contribution is 6.30. The third-order valence-electron chi connectivity index (χ3n) is 5.64. The van der Waals surface area contributed by atoms with Gasteiger partial charge in [0.2, 0.25) is 5.75 Å². The fourth-order valence-electron chi connectivity index (χ4n) is 4.16. The lowest BCUT2D eigenvalue weighted by Gasteiger charge is -2.38. The standard InChI is InChI=1S/C25H24ClNO4/c1-29-21-14-18(15-22(30-2)24(21)31-3)25(28)27-13-12-16-6-4-5-7-20(16)23(27)17-8-10-19(26)11-9-17/h4-11,14-15,23H,12-13H2,1-3H3/t23-/m0/s1. The summed E-state index contributed by atoms with van der Waals surface area (Å²) in [4.78, 5) is 15.6. The SMILES string of the molecule is COc1cc(C(=O)N2CCc3ccccc3[C@@H]2c2ccc(Cl)cc2)cc(OC)c1OC. The summed E-state index contributed by atoms with van der Waals surface area (Å²) in [7, 11) is 4.62. The Kier molecular flexibility index (Phi) is 6.05. The predicted octanol–water partition coefficient (Wildman–Crippen LogP) is 5.15. The van der Waals surface area contributed by atoms with Gasteiger partial charge in [-0.05, 0) is 47.4 Å². The summed E-state index contributed by atoms with van der Waals surface area (Å²) in [5, 5.41) is 0.662. The zero-order valence-electron chi connectivity index (χ0n) is 17.7. The number of rotatable bonds is 5. The number of ether oxygens (including phenoxy) is 3. The second-order valence-corrected chi connectivity index (χ2v) is 7.75. The van der Waals surface area contributed by atoms with E-state index in [1.54, 1.807) is 33.5 Å². The van der Waals surface area contributed by atoms with Gasteiger partial charge < -0.3 is 19.1 Å². The first-order valence-electron chi connectivity index (χ1n) is 10.0. The van der Waals surface area contributed by atoms with Gasteiger partial charge in [-0.2, -0.15) is 0 Å². The summed E-state index contributed by atoms with van der Waals surface area (Å²) in [5.41, 5.74) is 3.86. The van der Waals surface area contributed by atoms with E-state index in [9.17, 15) is 4.79 Å². The molecule has 0 saturated heterocycles. The number of halogens is 1. The van der Waals surface area contributed by atoms with Crippen molar-refractivity contribution in [2.24, 2.45) is 0 Å². The molecule has 0 saturated carbocycles. The Bertz CT molecular complexity index is 1070. The van der Waals surface area contributed by atoms with Gasteiger partial charge in [-0.25, -0.2) is 0 Å². The molecule has 1 aliphatic rings. The molecule has 3 aromatic carbocycles. The molecular formula is C25H24ClNO4. The number of methoxy groups -OCH3 is 3. The fraction of sp³-hybridized carbons (Fsp3) is 0.240. The van der Waals surface area contributed by atoms with E-state index in [1.807, 2.05) is 41.3 Å². The van der Waals surface area contributed by atoms with E-state index in [1.165, 1.54) is 5.56 Å². The van der Waals surface area contributed by atoms with Crippen molar-refractivity contribution in [3.8, 4) is 17.2 Å². The zero-order valence-corrected chi connectivity index (χ0v) is 18.5. The lowest BCUT2D eigenvalue weighted by atomic mass is 9.87. The summed E-state index contributed by atoms with van der Waals surface area (Å²) < 4.78 is 16.3. The molecule has 0 aromatic heterocycles. The van der Waals surface area contributed by atoms with Crippen LogP contribution in [0.25, 0.3) is 0 Å². The molecule has 5 nitrogen and oxygen atoms in total. The minimum Gasteiger partial charge on any atom is -0.493 e. The van der Waals surface area contributed by atoms with E-state index in [-0.39, 0.29) is 11.9 Å². The van der Waals surface area contributed by atoms with Crippen molar-refractivity contribution < 1.29 is 19.0 Å². The number of amides is 1. The number of nitrogens with zero attached hydrogens (tertiary/aromatic N) is 1. The van der Waals surface area contributed by atoms with Crippen LogP contribution in [0.2, 0.25) is 5.02 Å². The van der Waals surface area contributed by atoms with Crippen LogP contribution in [0.4, 0.5) is 0 Å². The lowest BCUT2D eigenvalue weighted by Crippen LogP contribution is -2.40. The average Bonchev–Trinajstić information content (AvgIpc) is 2.82. The smallest absolute Gasteiger partial charge is 0.254 e. The number of carbonyl (C=O) groups excluding carboxylic acids is 1. The molecular weight excluding hydrogens is 414 g/mol. The van der Waals surface area contributed by atoms with Gasteiger partial charge in [-0.15, -0.1) is 0 Å². The van der Waals surface area contributed by atoms with Crippen LogP contribution in [0.5, 0.6) is 17.2 Å². The van der Waals surface area contributed by atoms with Gasteiger partial charge in [-0.1, -0.05) is 48.0 Å². The van der Waals surface area contributed by atoms with Crippen LogP contribution in [0.1, 0.15) is 33.1 Å². The van der Waals surface area contributed by atoms with E-state index in [4.69, 9.17) is 25.8 Å². The predicted molar refractivity (Wildman–Crippen MR) is 121 cm³/mol. The Labute approximate surface area is 187 Å². The van der Waals surface area contributed by atoms with E-state index in [0.29, 0.717) is 34.4 Å². The Morgan fingerprint density at radius 1 is 0.935 bits per heavy atom. The summed E-state index contributed by atoms with van der Waals surface area (Å²) in [6.07, 6.45) is 0.788. The van der Waals surface area contributed by atoms with Gasteiger partial charge in [-0.3, -0.25) is 4.79 Å². The molecule has 0 fully saturated rings. The second kappa shape index (κ2) is 8.90. The molecule has 0 bridgehead atoms. The van der Waals surface area contributed by atoms with Crippen molar-refractivity contribution in [1.29, 1.82) is 0 Å². The maximum atomic E-state index is 13.7. The zero-order chi connectivity index (χ0) is 22.0. The number of fused-ring (bicyclic) bond motifs is 1. The quantitative estimate of drug-likeness (QED) is 0.553. The highest BCUT2D eigenvalue weighted by Gasteiger charge is 2.33. The van der Waals surface area contributed by atoms with Crippen molar-refractivity contribution in [2.75, 3.05) is 27.9 Å². The number of hydrogen-bond acceptors (Lipinski definition) is 4. The van der Waals surface area contributed by atoms with Crippen molar-refractivity contribution in [1.82, 2.24) is 4.90 Å². The summed E-state index contributed by atoms with van der Waals surface area (Å²) in [6.45, 7) is 0.597. The maximum absolute atomic E-state index is 13.7. The van der Waals surface area contributed by atoms with E-state index < -0.39 is 0 Å². The highest BCUT2D eigenvalue weighted by atomic mass is 35.5. The molecule has 31 heavy (non-hydrogen) atoms. The van der Waals surface area contributed by atoms with Crippen molar-refractivity contribution in [3.05, 3.63) is 87.9 Å². The average molecular weight is 438 g/mol. The van der Waals surface area contributed by atoms with E-state index >= 15 is 0 Å². The van der Waals surface area contributed by atoms with Gasteiger partial charge in [0.15, 0.2) is 11.5 Å². The van der Waals surface area contributed by atoms with E-state index in [0.717, 1.165) is 17.5 Å². The maximum Gasteiger partial charge on any atom is 0.254 e. The number of hydrogen-bond donors (Lipinski definition) is 0. The summed E-state index contributed by atoms with van der Waals surface area (Å²) in [5.74, 6) is 1.25. The van der Waals surface area contributed by atoms with Gasteiger partial charge >= 0.3 is 0 Å². The van der Waals surface area contributed by atoms with Crippen LogP contribution < -0.4 is 14.2 Å². The first-order valence-corrected chi connectivity index (χ1v) is 10.4. The van der Waals surface area contributed by atoms with Crippen LogP contribution >= 0.6 is 11.6 Å². The molecule has 3 aromatic rings. The normalized spacial score (nSPS) is 15.2. The Morgan fingerprint density at radius 3 is 2.19 bits per heavy atom. The third kappa shape index (κ3) is 3.93. The molecule has 0 N–H and O–H groups in total. The molecule has 160 valence electrons. The number of carbonyl (C=O) groups is 1. The van der Waals surface area contributed by atoms with Crippen molar-refractivity contribution >= 4 is 17.5 Å². The summed E-state index contributed by atoms with van der Waals surface area (Å²) in [6, 6.07) is 19.1. The van der Waals surface area contributed by atoms with Crippen molar-refractivity contribution in [2.45, 2.75) is 12.5 Å². The van der Waals surface area contributed by atoms with E-state index in [2.05, 4.69) is 12.1 Å². The Balaban J connectivity index is 1.80. The molecule has 1 atom stereocenters. The Morgan fingerprint density at radius 2 is 1.58 bits per heavy atom. The van der Waals surface area contributed by atoms with Crippen LogP contribution in [0.15, 0.2) is 60.7 Å². The van der Waals surface area contributed by atoms with Crippen LogP contribution in [-0.2, 0) is 6.42 Å². The third-order valence-corrected chi connectivity index (χ3v) is 5.89. The minimum atomic E-state index is -0.214. The largest absolute Gasteiger partial charge is 0.493 e. The van der Waals surface area contributed by atoms with Gasteiger partial charge in [0, 0.05) is 17.1 Å². The lowest BCUT2D eigenvalue weighted by molar-refractivity contribution is 0.0693. The highest BCUT2D eigenvalue weighted by Crippen LogP contribution is 2.41. The molecule has 4 rings (SSSR count). The molecule has 0 aliphatic carbocycles. The monoisotopic (exact) mass is 437 g/mol. The molecule has 1 heterocycles. The van der Waals surface area contributed by atoms with Gasteiger partial charge in [0.25, 0.3) is 5.91 Å². The minimum absolute atomic E-state index is 0.103. The van der Waals surface area contributed by atoms with Crippen LogP contribution in [0, 0.1) is 0 Å². The first kappa shape index (κ1) is 21.1. The Hall–Kier alpha value is -3.18. The fourth-order valence-corrected chi connectivity index (χ4v) is 4.29. The van der Waals surface area contributed by atoms with Crippen molar-refractivity contribution in [3.63, 3.8) is 0 Å². The molecule has 0 unspecified atom stereocenters. The molecule has 0 spiro atoms.